The van der Waals surface area contributed by atoms with E-state index >= 15 is 0 Å². The van der Waals surface area contributed by atoms with E-state index in [9.17, 15) is 0 Å². The summed E-state index contributed by atoms with van der Waals surface area (Å²) in [4.78, 5) is 0. The number of hydrogen-bond acceptors (Lipinski definition) is 2. The van der Waals surface area contributed by atoms with E-state index in [2.05, 4.69) is 56.6 Å². The Morgan fingerprint density at radius 1 is 1.25 bits per heavy atom. The van der Waals surface area contributed by atoms with E-state index in [-0.39, 0.29) is 0 Å². The van der Waals surface area contributed by atoms with E-state index in [0.29, 0.717) is 12.1 Å². The Hall–Kier alpha value is -0.830. The minimum Gasteiger partial charge on any atom is -0.312 e. The number of likely N-dealkylation sites (N-methyl/N-ethyl adjacent to an activating group) is 1. The maximum Gasteiger partial charge on any atom is 0.0647 e. The lowest BCUT2D eigenvalue weighted by atomic mass is 10.1. The van der Waals surface area contributed by atoms with Crippen LogP contribution in [0.1, 0.15) is 50.2 Å². The number of aromatic nitrogens is 2. The number of nitrogens with one attached hydrogen (secondary N) is 1. The maximum absolute atomic E-state index is 4.64. The molecule has 0 saturated carbocycles. The van der Waals surface area contributed by atoms with Gasteiger partial charge in [0.15, 0.2) is 0 Å². The van der Waals surface area contributed by atoms with Gasteiger partial charge in [-0.1, -0.05) is 13.8 Å². The van der Waals surface area contributed by atoms with Gasteiger partial charge in [0.1, 0.15) is 0 Å². The molecule has 0 fully saturated rings. The van der Waals surface area contributed by atoms with Gasteiger partial charge in [-0.2, -0.15) is 5.10 Å². The fraction of sp³-hybridized carbons (Fsp3) is 0.769. The van der Waals surface area contributed by atoms with Crippen molar-refractivity contribution in [2.45, 2.75) is 60.0 Å². The molecule has 1 aromatic heterocycles. The molecular weight excluding hydrogens is 198 g/mol. The first kappa shape index (κ1) is 13.2. The molecule has 0 aliphatic heterocycles. The molecule has 2 atom stereocenters. The second-order valence-electron chi connectivity index (χ2n) is 4.55. The lowest BCUT2D eigenvalue weighted by molar-refractivity contribution is 0.338. The third kappa shape index (κ3) is 2.46. The normalized spacial score (nSPS) is 15.1. The van der Waals surface area contributed by atoms with Crippen LogP contribution in [0.3, 0.4) is 0 Å². The molecule has 1 rings (SSSR count). The minimum atomic E-state index is 0.414. The summed E-state index contributed by atoms with van der Waals surface area (Å²) in [6.45, 7) is 14.0. The molecule has 1 N–H and O–H groups in total. The molecule has 0 amide bonds. The standard InChI is InChI=1S/C13H25N3/c1-7-13(14-8-2)12(6)16-11(5)9(3)10(4)15-16/h12-14H,7-8H2,1-6H3. The lowest BCUT2D eigenvalue weighted by Gasteiger charge is -2.25. The largest absolute Gasteiger partial charge is 0.312 e. The molecule has 0 bridgehead atoms. The van der Waals surface area contributed by atoms with Gasteiger partial charge >= 0.3 is 0 Å². The second-order valence-corrected chi connectivity index (χ2v) is 4.55. The highest BCUT2D eigenvalue weighted by molar-refractivity contribution is 5.22. The molecule has 0 aromatic carbocycles. The molecule has 3 heteroatoms. The first-order valence-electron chi connectivity index (χ1n) is 6.28. The summed E-state index contributed by atoms with van der Waals surface area (Å²) in [7, 11) is 0. The van der Waals surface area contributed by atoms with E-state index in [0.717, 1.165) is 18.7 Å². The molecule has 16 heavy (non-hydrogen) atoms. The third-order valence-electron chi connectivity index (χ3n) is 3.56. The summed E-state index contributed by atoms with van der Waals surface area (Å²) in [6, 6.07) is 0.916. The van der Waals surface area contributed by atoms with Crippen molar-refractivity contribution in [3.05, 3.63) is 17.0 Å². The predicted octanol–water partition coefficient (Wildman–Crippen LogP) is 2.76. The molecule has 3 nitrogen and oxygen atoms in total. The first-order chi connectivity index (χ1) is 7.52. The molecule has 92 valence electrons. The molecule has 0 spiro atoms. The third-order valence-corrected chi connectivity index (χ3v) is 3.56. The van der Waals surface area contributed by atoms with Crippen molar-refractivity contribution < 1.29 is 0 Å². The first-order valence-corrected chi connectivity index (χ1v) is 6.28. The molecule has 0 aliphatic rings. The molecule has 0 saturated heterocycles. The summed E-state index contributed by atoms with van der Waals surface area (Å²) < 4.78 is 2.17. The SMILES string of the molecule is CCNC(CC)C(C)n1nc(C)c(C)c1C. The van der Waals surface area contributed by atoms with Crippen LogP contribution in [0.15, 0.2) is 0 Å². The van der Waals surface area contributed by atoms with Gasteiger partial charge in [0.05, 0.1) is 11.7 Å². The van der Waals surface area contributed by atoms with Crippen LogP contribution in [0, 0.1) is 20.8 Å². The Labute approximate surface area is 99.2 Å². The summed E-state index contributed by atoms with van der Waals surface area (Å²) in [5, 5.41) is 8.16. The van der Waals surface area contributed by atoms with Gasteiger partial charge in [-0.05, 0) is 46.2 Å². The van der Waals surface area contributed by atoms with Crippen molar-refractivity contribution >= 4 is 0 Å². The van der Waals surface area contributed by atoms with Gasteiger partial charge in [-0.3, -0.25) is 4.68 Å². The smallest absolute Gasteiger partial charge is 0.0647 e. The number of hydrogen-bond donors (Lipinski definition) is 1. The molecule has 2 unspecified atom stereocenters. The number of nitrogens with zero attached hydrogens (tertiary/aromatic N) is 2. The van der Waals surface area contributed by atoms with Crippen molar-refractivity contribution in [2.24, 2.45) is 0 Å². The average Bonchev–Trinajstić information content (AvgIpc) is 2.53. The van der Waals surface area contributed by atoms with Crippen LogP contribution in [-0.4, -0.2) is 22.4 Å². The fourth-order valence-electron chi connectivity index (χ4n) is 2.23. The fourth-order valence-corrected chi connectivity index (χ4v) is 2.23. The zero-order valence-electron chi connectivity index (χ0n) is 11.5. The van der Waals surface area contributed by atoms with Crippen LogP contribution >= 0.6 is 0 Å². The van der Waals surface area contributed by atoms with Gasteiger partial charge in [0, 0.05) is 11.7 Å². The Bertz CT molecular complexity index is 341. The Balaban J connectivity index is 2.94. The van der Waals surface area contributed by atoms with Gasteiger partial charge in [0.25, 0.3) is 0 Å². The summed E-state index contributed by atoms with van der Waals surface area (Å²) in [6.07, 6.45) is 1.13. The van der Waals surface area contributed by atoms with Crippen LogP contribution < -0.4 is 5.32 Å². The van der Waals surface area contributed by atoms with E-state index in [1.165, 1.54) is 11.3 Å². The molecule has 1 heterocycles. The Morgan fingerprint density at radius 2 is 1.88 bits per heavy atom. The van der Waals surface area contributed by atoms with Gasteiger partial charge in [-0.15, -0.1) is 0 Å². The van der Waals surface area contributed by atoms with Crippen LogP contribution in [0.25, 0.3) is 0 Å². The Morgan fingerprint density at radius 3 is 2.25 bits per heavy atom. The van der Waals surface area contributed by atoms with E-state index < -0.39 is 0 Å². The van der Waals surface area contributed by atoms with E-state index in [4.69, 9.17) is 0 Å². The summed E-state index contributed by atoms with van der Waals surface area (Å²) in [5.74, 6) is 0. The van der Waals surface area contributed by atoms with Crippen molar-refractivity contribution in [1.82, 2.24) is 15.1 Å². The average molecular weight is 223 g/mol. The van der Waals surface area contributed by atoms with Crippen LogP contribution in [0.2, 0.25) is 0 Å². The lowest BCUT2D eigenvalue weighted by Crippen LogP contribution is -2.36. The number of rotatable bonds is 5. The predicted molar refractivity (Wildman–Crippen MR) is 68.9 cm³/mol. The molecule has 1 aromatic rings. The van der Waals surface area contributed by atoms with Crippen LogP contribution in [-0.2, 0) is 0 Å². The summed E-state index contributed by atoms with van der Waals surface area (Å²) in [5.41, 5.74) is 3.76. The van der Waals surface area contributed by atoms with Crippen molar-refractivity contribution in [2.75, 3.05) is 6.54 Å². The molecular formula is C13H25N3. The highest BCUT2D eigenvalue weighted by Gasteiger charge is 2.19. The van der Waals surface area contributed by atoms with E-state index in [1.807, 2.05) is 0 Å². The zero-order chi connectivity index (χ0) is 12.3. The summed E-state index contributed by atoms with van der Waals surface area (Å²) >= 11 is 0. The highest BCUT2D eigenvalue weighted by atomic mass is 15.3. The van der Waals surface area contributed by atoms with Crippen molar-refractivity contribution in [3.8, 4) is 0 Å². The minimum absolute atomic E-state index is 0.414. The van der Waals surface area contributed by atoms with Crippen molar-refractivity contribution in [1.29, 1.82) is 0 Å². The van der Waals surface area contributed by atoms with Gasteiger partial charge in [-0.25, -0.2) is 0 Å². The molecule has 0 radical (unpaired) electrons. The number of aryl methyl sites for hydroxylation is 1. The van der Waals surface area contributed by atoms with Gasteiger partial charge < -0.3 is 5.32 Å². The van der Waals surface area contributed by atoms with Crippen LogP contribution in [0.5, 0.6) is 0 Å². The van der Waals surface area contributed by atoms with Gasteiger partial charge in [0.2, 0.25) is 0 Å². The maximum atomic E-state index is 4.64. The van der Waals surface area contributed by atoms with E-state index in [1.54, 1.807) is 0 Å². The monoisotopic (exact) mass is 223 g/mol. The topological polar surface area (TPSA) is 29.9 Å². The zero-order valence-corrected chi connectivity index (χ0v) is 11.5. The second kappa shape index (κ2) is 5.48. The Kier molecular flexibility index (Phi) is 4.54. The highest BCUT2D eigenvalue weighted by Crippen LogP contribution is 2.19. The van der Waals surface area contributed by atoms with Crippen molar-refractivity contribution in [3.63, 3.8) is 0 Å². The quantitative estimate of drug-likeness (QED) is 0.832. The molecule has 0 aliphatic carbocycles. The van der Waals surface area contributed by atoms with Crippen LogP contribution in [0.4, 0.5) is 0 Å².